The molecule has 118 valence electrons. The molecule has 0 N–H and O–H groups in total. The molecule has 2 rings (SSSR count). The van der Waals surface area contributed by atoms with Gasteiger partial charge in [-0.2, -0.15) is 13.2 Å². The molecule has 3 nitrogen and oxygen atoms in total. The molecule has 22 heavy (non-hydrogen) atoms. The van der Waals surface area contributed by atoms with Crippen LogP contribution < -0.4 is 5.43 Å². The van der Waals surface area contributed by atoms with Crippen molar-refractivity contribution < 1.29 is 22.4 Å². The van der Waals surface area contributed by atoms with Gasteiger partial charge >= 0.3 is 6.18 Å². The molecule has 0 radical (unpaired) electrons. The number of fused-ring (bicyclic) bond motifs is 1. The summed E-state index contributed by atoms with van der Waals surface area (Å²) >= 11 is 1.35. The van der Waals surface area contributed by atoms with Gasteiger partial charge in [0.2, 0.25) is 5.43 Å². The highest BCUT2D eigenvalue weighted by Gasteiger charge is 2.37. The van der Waals surface area contributed by atoms with Gasteiger partial charge in [0.15, 0.2) is 10.9 Å². The van der Waals surface area contributed by atoms with Crippen LogP contribution in [-0.4, -0.2) is 11.5 Å². The molecule has 1 heterocycles. The molecule has 1 aliphatic carbocycles. The van der Waals surface area contributed by atoms with E-state index in [1.165, 1.54) is 17.8 Å². The number of hydrogen-bond donors (Lipinski definition) is 0. The van der Waals surface area contributed by atoms with Gasteiger partial charge in [-0.15, -0.1) is 0 Å². The van der Waals surface area contributed by atoms with Gasteiger partial charge in [-0.05, 0) is 37.3 Å². The van der Waals surface area contributed by atoms with Crippen LogP contribution in [0.1, 0.15) is 35.3 Å². The van der Waals surface area contributed by atoms with Gasteiger partial charge in [-0.3, -0.25) is 9.59 Å². The van der Waals surface area contributed by atoms with Crippen LogP contribution in [0.3, 0.4) is 0 Å². The Balaban J connectivity index is 2.91. The van der Waals surface area contributed by atoms with Crippen molar-refractivity contribution in [2.24, 2.45) is 0 Å². The molecule has 1 aliphatic heterocycles. The lowest BCUT2D eigenvalue weighted by molar-refractivity contribution is -0.138. The highest BCUT2D eigenvalue weighted by molar-refractivity contribution is 7.99. The molecule has 0 bridgehead atoms. The zero-order valence-electron chi connectivity index (χ0n) is 12.1. The smallest absolute Gasteiger partial charge is 0.420 e. The average Bonchev–Trinajstić information content (AvgIpc) is 2.38. The van der Waals surface area contributed by atoms with Gasteiger partial charge in [0.1, 0.15) is 16.9 Å². The van der Waals surface area contributed by atoms with Crippen molar-refractivity contribution in [3.63, 3.8) is 0 Å². The Labute approximate surface area is 128 Å². The number of ketones is 1. The quantitative estimate of drug-likeness (QED) is 0.619. The molecular formula is C15H13F3O3S. The first-order valence-corrected chi connectivity index (χ1v) is 7.47. The van der Waals surface area contributed by atoms with E-state index in [-0.39, 0.29) is 11.3 Å². The third-order valence-electron chi connectivity index (χ3n) is 3.08. The molecule has 0 aromatic heterocycles. The number of halogens is 3. The summed E-state index contributed by atoms with van der Waals surface area (Å²) in [5, 5.41) is 0.483. The fourth-order valence-electron chi connectivity index (χ4n) is 2.16. The monoisotopic (exact) mass is 330 g/mol. The maximum atomic E-state index is 13.0. The molecular weight excluding hydrogens is 317 g/mol. The fraction of sp³-hybridized carbons (Fsp3) is 0.333. The molecule has 0 saturated heterocycles. The molecule has 0 aromatic rings. The van der Waals surface area contributed by atoms with Crippen molar-refractivity contribution in [3.8, 4) is 11.3 Å². The SMILES string of the molecule is CCSc1oc2c(C(C)=O)c(=O)c(C(F)(F)F)cc-2cc1C. The first-order chi connectivity index (χ1) is 10.2. The topological polar surface area (TPSA) is 47.3 Å². The summed E-state index contributed by atoms with van der Waals surface area (Å²) in [6.45, 7) is 4.65. The third kappa shape index (κ3) is 2.90. The number of carbonyl (C=O) groups excluding carboxylic acids is 1. The van der Waals surface area contributed by atoms with Gasteiger partial charge in [-0.25, -0.2) is 0 Å². The lowest BCUT2D eigenvalue weighted by Gasteiger charge is -2.15. The van der Waals surface area contributed by atoms with Gasteiger partial charge in [0, 0.05) is 5.56 Å². The maximum Gasteiger partial charge on any atom is 0.420 e. The van der Waals surface area contributed by atoms with Crippen LogP contribution in [-0.2, 0) is 6.18 Å². The number of aryl methyl sites for hydroxylation is 1. The molecule has 7 heteroatoms. The minimum atomic E-state index is -4.82. The van der Waals surface area contributed by atoms with Crippen LogP contribution >= 0.6 is 11.8 Å². The fourth-order valence-corrected chi connectivity index (χ4v) is 2.85. The molecule has 0 amide bonds. The standard InChI is InChI=1S/C15H13F3O3S/c1-4-22-14-7(2)5-9-6-10(15(16,17)18)12(20)11(8(3)19)13(9)21-14/h5-6H,4H2,1-3H3. The molecule has 0 unspecified atom stereocenters. The second-order valence-electron chi connectivity index (χ2n) is 4.75. The lowest BCUT2D eigenvalue weighted by Crippen LogP contribution is -2.25. The summed E-state index contributed by atoms with van der Waals surface area (Å²) < 4.78 is 44.5. The normalized spacial score (nSPS) is 11.9. The Bertz CT molecular complexity index is 762. The second kappa shape index (κ2) is 5.79. The van der Waals surface area contributed by atoms with E-state index in [4.69, 9.17) is 4.42 Å². The largest absolute Gasteiger partial charge is 0.449 e. The Hall–Kier alpha value is -1.76. The first-order valence-electron chi connectivity index (χ1n) is 6.49. The van der Waals surface area contributed by atoms with Crippen molar-refractivity contribution >= 4 is 17.5 Å². The van der Waals surface area contributed by atoms with Crippen LogP contribution in [0.2, 0.25) is 0 Å². The number of alkyl halides is 3. The summed E-state index contributed by atoms with van der Waals surface area (Å²) in [5.74, 6) is -0.149. The summed E-state index contributed by atoms with van der Waals surface area (Å²) in [5.41, 5.74) is -2.50. The Morgan fingerprint density at radius 2 is 1.95 bits per heavy atom. The molecule has 0 atom stereocenters. The number of benzene rings is 1. The molecule has 0 aromatic carbocycles. The zero-order chi connectivity index (χ0) is 16.7. The summed E-state index contributed by atoms with van der Waals surface area (Å²) in [4.78, 5) is 23.7. The van der Waals surface area contributed by atoms with Gasteiger partial charge in [-0.1, -0.05) is 18.7 Å². The Kier molecular flexibility index (Phi) is 4.37. The minimum Gasteiger partial charge on any atom is -0.449 e. The highest BCUT2D eigenvalue weighted by Crippen LogP contribution is 2.36. The van der Waals surface area contributed by atoms with Crippen LogP contribution in [0, 0.1) is 6.92 Å². The van der Waals surface area contributed by atoms with Crippen LogP contribution in [0.25, 0.3) is 11.3 Å². The molecule has 2 aliphatic rings. The van der Waals surface area contributed by atoms with E-state index >= 15 is 0 Å². The van der Waals surface area contributed by atoms with E-state index in [1.807, 2.05) is 6.92 Å². The van der Waals surface area contributed by atoms with E-state index in [0.29, 0.717) is 16.4 Å². The second-order valence-corrected chi connectivity index (χ2v) is 5.99. The summed E-state index contributed by atoms with van der Waals surface area (Å²) in [7, 11) is 0. The van der Waals surface area contributed by atoms with Crippen molar-refractivity contribution in [1.29, 1.82) is 0 Å². The molecule has 0 saturated carbocycles. The predicted molar refractivity (Wildman–Crippen MR) is 77.7 cm³/mol. The van der Waals surface area contributed by atoms with Crippen molar-refractivity contribution in [2.45, 2.75) is 32.0 Å². The average molecular weight is 330 g/mol. The molecule has 0 spiro atoms. The van der Waals surface area contributed by atoms with Crippen molar-refractivity contribution in [2.75, 3.05) is 5.75 Å². The summed E-state index contributed by atoms with van der Waals surface area (Å²) in [6.07, 6.45) is -4.82. The number of carbonyl (C=O) groups is 1. The minimum absolute atomic E-state index is 0.0907. The number of thioether (sulfide) groups is 1. The Morgan fingerprint density at radius 3 is 2.45 bits per heavy atom. The predicted octanol–water partition coefficient (Wildman–Crippen LogP) is 4.39. The number of rotatable bonds is 3. The number of hydrogen-bond acceptors (Lipinski definition) is 4. The first kappa shape index (κ1) is 16.6. The van der Waals surface area contributed by atoms with E-state index in [0.717, 1.165) is 13.0 Å². The molecule has 0 fully saturated rings. The highest BCUT2D eigenvalue weighted by atomic mass is 32.2. The Morgan fingerprint density at radius 1 is 1.32 bits per heavy atom. The number of Topliss-reactive ketones (excluding diaryl/α,β-unsaturated/α-hetero) is 1. The zero-order valence-corrected chi connectivity index (χ0v) is 12.9. The third-order valence-corrected chi connectivity index (χ3v) is 4.04. The van der Waals surface area contributed by atoms with Crippen LogP contribution in [0.15, 0.2) is 26.4 Å². The summed E-state index contributed by atoms with van der Waals surface area (Å²) in [6, 6.07) is 2.24. The van der Waals surface area contributed by atoms with Crippen LogP contribution in [0.5, 0.6) is 0 Å². The van der Waals surface area contributed by atoms with E-state index in [9.17, 15) is 22.8 Å². The van der Waals surface area contributed by atoms with E-state index < -0.39 is 28.5 Å². The van der Waals surface area contributed by atoms with Gasteiger partial charge in [0.05, 0.1) is 0 Å². The maximum absolute atomic E-state index is 13.0. The van der Waals surface area contributed by atoms with E-state index in [2.05, 4.69) is 0 Å². The van der Waals surface area contributed by atoms with Gasteiger partial charge < -0.3 is 4.42 Å². The van der Waals surface area contributed by atoms with E-state index in [1.54, 1.807) is 6.92 Å². The van der Waals surface area contributed by atoms with Crippen molar-refractivity contribution in [1.82, 2.24) is 0 Å². The van der Waals surface area contributed by atoms with Crippen molar-refractivity contribution in [3.05, 3.63) is 39.0 Å². The van der Waals surface area contributed by atoms with Gasteiger partial charge in [0.25, 0.3) is 0 Å². The van der Waals surface area contributed by atoms with Crippen LogP contribution in [0.4, 0.5) is 13.2 Å². The lowest BCUT2D eigenvalue weighted by atomic mass is 9.97.